The summed E-state index contributed by atoms with van der Waals surface area (Å²) in [6.07, 6.45) is 1.24. The lowest BCUT2D eigenvalue weighted by Crippen LogP contribution is -2.49. The Bertz CT molecular complexity index is 943. The molecule has 1 aliphatic rings. The summed E-state index contributed by atoms with van der Waals surface area (Å²) in [7, 11) is -2.98. The van der Waals surface area contributed by atoms with Crippen LogP contribution in [0.15, 0.2) is 28.8 Å². The van der Waals surface area contributed by atoms with Gasteiger partial charge in [0.25, 0.3) is 5.91 Å². The van der Waals surface area contributed by atoms with E-state index in [4.69, 9.17) is 9.26 Å². The highest BCUT2D eigenvalue weighted by atomic mass is 32.2. The molecule has 1 aromatic carbocycles. The molecule has 3 rings (SSSR count). The molecule has 0 aliphatic carbocycles. The fourth-order valence-electron chi connectivity index (χ4n) is 3.27. The van der Waals surface area contributed by atoms with E-state index in [1.165, 1.54) is 6.26 Å². The van der Waals surface area contributed by atoms with Gasteiger partial charge in [0.15, 0.2) is 0 Å². The molecular formula is C20H27N3O5S. The smallest absolute Gasteiger partial charge is 0.257 e. The Kier molecular flexibility index (Phi) is 6.59. The van der Waals surface area contributed by atoms with E-state index in [1.54, 1.807) is 17.0 Å². The molecule has 0 unspecified atom stereocenters. The third-order valence-electron chi connectivity index (χ3n) is 5.11. The molecule has 0 radical (unpaired) electrons. The van der Waals surface area contributed by atoms with Crippen molar-refractivity contribution in [1.29, 1.82) is 0 Å². The molecule has 158 valence electrons. The van der Waals surface area contributed by atoms with Gasteiger partial charge in [0, 0.05) is 39.0 Å². The normalized spacial score (nSPS) is 15.5. The molecule has 0 spiro atoms. The summed E-state index contributed by atoms with van der Waals surface area (Å²) in [6, 6.07) is 7.20. The van der Waals surface area contributed by atoms with Crippen LogP contribution in [0.2, 0.25) is 0 Å². The maximum atomic E-state index is 13.0. The fourth-order valence-corrected chi connectivity index (χ4v) is 3.86. The second-order valence-corrected chi connectivity index (χ2v) is 9.61. The van der Waals surface area contributed by atoms with E-state index in [9.17, 15) is 13.2 Å². The summed E-state index contributed by atoms with van der Waals surface area (Å²) in [6.45, 7) is 6.89. The van der Waals surface area contributed by atoms with Crippen molar-refractivity contribution in [2.45, 2.75) is 20.5 Å². The molecule has 1 aliphatic heterocycles. The first kappa shape index (κ1) is 21.3. The van der Waals surface area contributed by atoms with Crippen molar-refractivity contribution in [1.82, 2.24) is 15.0 Å². The van der Waals surface area contributed by atoms with Crippen LogP contribution in [0.25, 0.3) is 0 Å². The van der Waals surface area contributed by atoms with Crippen LogP contribution in [0, 0.1) is 13.8 Å². The highest BCUT2D eigenvalue weighted by Gasteiger charge is 2.25. The van der Waals surface area contributed by atoms with E-state index in [0.29, 0.717) is 49.8 Å². The largest absolute Gasteiger partial charge is 0.488 e. The lowest BCUT2D eigenvalue weighted by molar-refractivity contribution is 0.0639. The number of carbonyl (C=O) groups excluding carboxylic acids is 1. The summed E-state index contributed by atoms with van der Waals surface area (Å²) < 4.78 is 33.8. The minimum Gasteiger partial charge on any atom is -0.488 e. The molecule has 0 atom stereocenters. The van der Waals surface area contributed by atoms with Gasteiger partial charge in [-0.3, -0.25) is 9.69 Å². The molecule has 2 heterocycles. The number of sulfone groups is 1. The van der Waals surface area contributed by atoms with Gasteiger partial charge in [-0.2, -0.15) is 0 Å². The first-order chi connectivity index (χ1) is 13.7. The number of benzene rings is 1. The maximum absolute atomic E-state index is 13.0. The van der Waals surface area contributed by atoms with E-state index in [1.807, 2.05) is 26.0 Å². The lowest BCUT2D eigenvalue weighted by Gasteiger charge is -2.34. The molecule has 1 saturated heterocycles. The number of piperazine rings is 1. The number of nitrogens with zero attached hydrogens (tertiary/aromatic N) is 3. The number of hydrogen-bond acceptors (Lipinski definition) is 7. The predicted octanol–water partition coefficient (Wildman–Crippen LogP) is 1.67. The number of amides is 1. The average Bonchev–Trinajstić information content (AvgIpc) is 3.02. The van der Waals surface area contributed by atoms with Crippen LogP contribution in [-0.2, 0) is 16.4 Å². The zero-order valence-electron chi connectivity index (χ0n) is 17.1. The summed E-state index contributed by atoms with van der Waals surface area (Å²) in [5.41, 5.74) is 2.17. The zero-order chi connectivity index (χ0) is 21.0. The number of aryl methyl sites for hydroxylation is 2. The third-order valence-corrected chi connectivity index (χ3v) is 6.03. The van der Waals surface area contributed by atoms with Crippen LogP contribution in [0.1, 0.15) is 27.4 Å². The summed E-state index contributed by atoms with van der Waals surface area (Å²) in [5, 5.41) is 3.92. The molecule has 29 heavy (non-hydrogen) atoms. The van der Waals surface area contributed by atoms with Crippen LogP contribution in [-0.4, -0.2) is 74.0 Å². The maximum Gasteiger partial charge on any atom is 0.257 e. The Morgan fingerprint density at radius 2 is 1.86 bits per heavy atom. The predicted molar refractivity (Wildman–Crippen MR) is 109 cm³/mol. The highest BCUT2D eigenvalue weighted by molar-refractivity contribution is 7.90. The first-order valence-corrected chi connectivity index (χ1v) is 11.6. The number of carbonyl (C=O) groups is 1. The molecule has 0 saturated carbocycles. The summed E-state index contributed by atoms with van der Waals surface area (Å²) in [5.74, 6) is 1.29. The van der Waals surface area contributed by atoms with Crippen molar-refractivity contribution in [3.63, 3.8) is 0 Å². The van der Waals surface area contributed by atoms with Crippen molar-refractivity contribution in [3.8, 4) is 5.75 Å². The number of hydrogen-bond donors (Lipinski definition) is 0. The van der Waals surface area contributed by atoms with E-state index in [2.05, 4.69) is 10.1 Å². The molecule has 9 heteroatoms. The van der Waals surface area contributed by atoms with Crippen LogP contribution in [0.5, 0.6) is 5.75 Å². The van der Waals surface area contributed by atoms with Gasteiger partial charge in [0.05, 0.1) is 22.6 Å². The van der Waals surface area contributed by atoms with Crippen molar-refractivity contribution < 1.29 is 22.5 Å². The second-order valence-electron chi connectivity index (χ2n) is 7.35. The quantitative estimate of drug-likeness (QED) is 0.671. The van der Waals surface area contributed by atoms with Gasteiger partial charge < -0.3 is 14.2 Å². The highest BCUT2D eigenvalue weighted by Crippen LogP contribution is 2.23. The lowest BCUT2D eigenvalue weighted by atomic mass is 10.1. The fraction of sp³-hybridized carbons (Fsp3) is 0.500. The standard InChI is InChI=1S/C20H27N3O5S/c1-15-18(16(2)28-21-15)14-27-19-7-5-4-6-17(19)20(24)23-10-8-22(9-11-23)12-13-29(3,25)26/h4-7H,8-14H2,1-3H3. The Labute approximate surface area is 171 Å². The second kappa shape index (κ2) is 8.96. The zero-order valence-corrected chi connectivity index (χ0v) is 17.9. The van der Waals surface area contributed by atoms with Crippen molar-refractivity contribution in [2.75, 3.05) is 44.7 Å². The topological polar surface area (TPSA) is 93.0 Å². The SMILES string of the molecule is Cc1noc(C)c1COc1ccccc1C(=O)N1CCN(CCS(C)(=O)=O)CC1. The number of rotatable bonds is 7. The number of aromatic nitrogens is 1. The van der Waals surface area contributed by atoms with Crippen molar-refractivity contribution in [3.05, 3.63) is 46.8 Å². The van der Waals surface area contributed by atoms with Gasteiger partial charge in [-0.1, -0.05) is 17.3 Å². The van der Waals surface area contributed by atoms with Crippen molar-refractivity contribution in [2.24, 2.45) is 0 Å². The van der Waals surface area contributed by atoms with E-state index in [0.717, 1.165) is 11.3 Å². The average molecular weight is 422 g/mol. The van der Waals surface area contributed by atoms with Gasteiger partial charge in [-0.15, -0.1) is 0 Å². The van der Waals surface area contributed by atoms with Crippen molar-refractivity contribution >= 4 is 15.7 Å². The van der Waals surface area contributed by atoms with Gasteiger partial charge >= 0.3 is 0 Å². The van der Waals surface area contributed by atoms with E-state index < -0.39 is 9.84 Å². The monoisotopic (exact) mass is 421 g/mol. The van der Waals surface area contributed by atoms with Gasteiger partial charge in [-0.05, 0) is 26.0 Å². The van der Waals surface area contributed by atoms with Crippen LogP contribution < -0.4 is 4.74 Å². The summed E-state index contributed by atoms with van der Waals surface area (Å²) in [4.78, 5) is 16.9. The van der Waals surface area contributed by atoms with E-state index in [-0.39, 0.29) is 18.3 Å². The van der Waals surface area contributed by atoms with E-state index >= 15 is 0 Å². The minimum absolute atomic E-state index is 0.0814. The molecule has 1 fully saturated rings. The Balaban J connectivity index is 1.62. The third kappa shape index (κ3) is 5.57. The number of ether oxygens (including phenoxy) is 1. The van der Waals surface area contributed by atoms with Gasteiger partial charge in [0.2, 0.25) is 0 Å². The molecule has 0 N–H and O–H groups in total. The molecule has 2 aromatic rings. The molecule has 0 bridgehead atoms. The molecule has 1 aromatic heterocycles. The number of para-hydroxylation sites is 1. The first-order valence-electron chi connectivity index (χ1n) is 9.57. The Hall–Kier alpha value is -2.39. The van der Waals surface area contributed by atoms with Crippen LogP contribution in [0.4, 0.5) is 0 Å². The molecular weight excluding hydrogens is 394 g/mol. The molecule has 1 amide bonds. The van der Waals surface area contributed by atoms with Crippen LogP contribution in [0.3, 0.4) is 0 Å². The Morgan fingerprint density at radius 1 is 1.17 bits per heavy atom. The Morgan fingerprint density at radius 3 is 2.48 bits per heavy atom. The minimum atomic E-state index is -2.98. The summed E-state index contributed by atoms with van der Waals surface area (Å²) >= 11 is 0. The molecule has 8 nitrogen and oxygen atoms in total. The van der Waals surface area contributed by atoms with Gasteiger partial charge in [-0.25, -0.2) is 8.42 Å². The van der Waals surface area contributed by atoms with Gasteiger partial charge in [0.1, 0.15) is 28.0 Å². The van der Waals surface area contributed by atoms with Crippen LogP contribution >= 0.6 is 0 Å².